The molecule has 5 heterocycles. The van der Waals surface area contributed by atoms with Gasteiger partial charge in [0.15, 0.2) is 0 Å². The lowest BCUT2D eigenvalue weighted by Gasteiger charge is -2.13. The van der Waals surface area contributed by atoms with Crippen LogP contribution >= 0.6 is 0 Å². The van der Waals surface area contributed by atoms with Gasteiger partial charge in [-0.25, -0.2) is 9.97 Å². The van der Waals surface area contributed by atoms with Crippen molar-refractivity contribution in [3.8, 4) is 28.2 Å². The average Bonchev–Trinajstić information content (AvgIpc) is 4.06. The zero-order valence-corrected chi connectivity index (χ0v) is 30.5. The van der Waals surface area contributed by atoms with Crippen LogP contribution in [0, 0.1) is 0 Å². The van der Waals surface area contributed by atoms with E-state index in [1.54, 1.807) is 0 Å². The summed E-state index contributed by atoms with van der Waals surface area (Å²) in [5.41, 5.74) is 16.4. The van der Waals surface area contributed by atoms with Gasteiger partial charge in [-0.2, -0.15) is 0 Å². The van der Waals surface area contributed by atoms with Crippen LogP contribution in [0.3, 0.4) is 0 Å². The molecule has 0 spiro atoms. The smallest absolute Gasteiger partial charge is 0.220 e. The Labute approximate surface area is 325 Å². The fraction of sp³-hybridized carbons (Fsp3) is 0. The molecule has 0 bridgehead atoms. The van der Waals surface area contributed by atoms with E-state index in [0.29, 0.717) is 0 Å². The minimum atomic E-state index is 0.883. The molecule has 13 rings (SSSR count). The van der Waals surface area contributed by atoms with Crippen LogP contribution in [0.5, 0.6) is 0 Å². The Balaban J connectivity index is 1.06. The van der Waals surface area contributed by atoms with Crippen LogP contribution in [0.15, 0.2) is 188 Å². The van der Waals surface area contributed by atoms with Gasteiger partial charge in [-0.05, 0) is 96.1 Å². The van der Waals surface area contributed by atoms with Crippen LogP contribution < -0.4 is 0 Å². The number of hydrogen-bond acceptors (Lipinski definition) is 2. The molecule has 0 amide bonds. The van der Waals surface area contributed by atoms with Crippen molar-refractivity contribution in [2.24, 2.45) is 0 Å². The Morgan fingerprint density at radius 3 is 1.56 bits per heavy atom. The van der Waals surface area contributed by atoms with Crippen LogP contribution in [0.2, 0.25) is 0 Å². The van der Waals surface area contributed by atoms with Gasteiger partial charge in [0.05, 0.1) is 66.5 Å². The molecule has 0 fully saturated rings. The molecule has 0 saturated heterocycles. The number of fused-ring (bicyclic) bond motifs is 13. The summed E-state index contributed by atoms with van der Waals surface area (Å²) in [4.78, 5) is 10.4. The quantitative estimate of drug-likeness (QED) is 0.181. The molecule has 13 aromatic rings. The number of rotatable bonds is 4. The summed E-state index contributed by atoms with van der Waals surface area (Å²) in [6.45, 7) is 0. The maximum atomic E-state index is 5.24. The van der Waals surface area contributed by atoms with Crippen LogP contribution in [-0.4, -0.2) is 32.5 Å². The van der Waals surface area contributed by atoms with E-state index in [0.717, 1.165) is 83.8 Å². The third kappa shape index (κ3) is 4.20. The van der Waals surface area contributed by atoms with E-state index in [1.165, 1.54) is 21.9 Å². The van der Waals surface area contributed by atoms with Crippen molar-refractivity contribution in [2.45, 2.75) is 0 Å². The van der Waals surface area contributed by atoms with E-state index in [1.807, 2.05) is 0 Å². The topological polar surface area (TPSA) is 49.4 Å². The highest BCUT2D eigenvalue weighted by molar-refractivity contribution is 6.10. The summed E-state index contributed by atoms with van der Waals surface area (Å²) in [5.74, 6) is 1.78. The third-order valence-corrected chi connectivity index (χ3v) is 11.7. The maximum absolute atomic E-state index is 5.24. The Morgan fingerprint density at radius 2 is 0.825 bits per heavy atom. The van der Waals surface area contributed by atoms with Gasteiger partial charge >= 0.3 is 0 Å². The van der Waals surface area contributed by atoms with Gasteiger partial charge in [0.2, 0.25) is 11.6 Å². The standard InChI is InChI=1S/C50H31N7/c1-2-13-32(14-3-1)33-25-28-46-48(29-33)57-43-22-9-6-19-40(43)52-50(57)54(46)35-16-12-15-34(30-35)53-41-20-7-4-17-37(41)38-27-26-36(31-47(38)53)55-44-23-10-11-24-45(44)56-42-21-8-5-18-39(42)51-49(55)56/h1-31H. The fourth-order valence-corrected chi connectivity index (χ4v) is 9.22. The van der Waals surface area contributed by atoms with Crippen molar-refractivity contribution in [1.29, 1.82) is 0 Å². The zero-order valence-electron chi connectivity index (χ0n) is 30.5. The van der Waals surface area contributed by atoms with Crippen LogP contribution in [0.1, 0.15) is 0 Å². The van der Waals surface area contributed by atoms with E-state index in [2.05, 4.69) is 211 Å². The van der Waals surface area contributed by atoms with Gasteiger partial charge < -0.3 is 4.57 Å². The lowest BCUT2D eigenvalue weighted by atomic mass is 10.1. The molecule has 0 radical (unpaired) electrons. The first-order valence-corrected chi connectivity index (χ1v) is 19.3. The first kappa shape index (κ1) is 30.4. The number of benzene rings is 8. The first-order valence-electron chi connectivity index (χ1n) is 19.3. The van der Waals surface area contributed by atoms with Gasteiger partial charge in [-0.15, -0.1) is 0 Å². The van der Waals surface area contributed by atoms with Crippen molar-refractivity contribution in [2.75, 3.05) is 0 Å². The summed E-state index contributed by atoms with van der Waals surface area (Å²) in [7, 11) is 0. The van der Waals surface area contributed by atoms with Crippen LogP contribution in [0.4, 0.5) is 0 Å². The fourth-order valence-electron chi connectivity index (χ4n) is 9.22. The molecule has 8 aromatic carbocycles. The summed E-state index contributed by atoms with van der Waals surface area (Å²) in [6.07, 6.45) is 0. The van der Waals surface area contributed by atoms with E-state index in [-0.39, 0.29) is 0 Å². The molecule has 0 aliphatic rings. The summed E-state index contributed by atoms with van der Waals surface area (Å²) in [6, 6.07) is 67.1. The Bertz CT molecular complexity index is 3760. The Hall–Kier alpha value is -7.90. The molecular weight excluding hydrogens is 699 g/mol. The van der Waals surface area contributed by atoms with E-state index in [4.69, 9.17) is 9.97 Å². The molecule has 7 heteroatoms. The van der Waals surface area contributed by atoms with Gasteiger partial charge in [0, 0.05) is 16.5 Å². The normalized spacial score (nSPS) is 12.2. The molecule has 0 unspecified atom stereocenters. The molecular formula is C50H31N7. The monoisotopic (exact) mass is 729 g/mol. The largest absolute Gasteiger partial charge is 0.309 e. The highest BCUT2D eigenvalue weighted by Gasteiger charge is 2.21. The Morgan fingerprint density at radius 1 is 0.281 bits per heavy atom. The first-order chi connectivity index (χ1) is 28.3. The molecule has 0 N–H and O–H groups in total. The summed E-state index contributed by atoms with van der Waals surface area (Å²) < 4.78 is 11.6. The number of imidazole rings is 4. The van der Waals surface area contributed by atoms with Gasteiger partial charge in [-0.3, -0.25) is 17.9 Å². The summed E-state index contributed by atoms with van der Waals surface area (Å²) in [5, 5.41) is 2.41. The number of aromatic nitrogens is 7. The number of para-hydroxylation sites is 7. The SMILES string of the molecule is c1ccc(-c2ccc3c(c2)n2c4ccccc4nc2n3-c2cccc(-n3c4ccccc4c4ccc(-n5c6ccccc6n6c7ccccc7nc56)cc43)c2)cc1. The molecule has 7 nitrogen and oxygen atoms in total. The van der Waals surface area contributed by atoms with Crippen LogP contribution in [0.25, 0.3) is 106 Å². The van der Waals surface area contributed by atoms with Crippen molar-refractivity contribution in [1.82, 2.24) is 32.5 Å². The molecule has 57 heavy (non-hydrogen) atoms. The second-order valence-corrected chi connectivity index (χ2v) is 14.8. The zero-order chi connectivity index (χ0) is 37.2. The molecule has 266 valence electrons. The second-order valence-electron chi connectivity index (χ2n) is 14.8. The maximum Gasteiger partial charge on any atom is 0.220 e. The second kappa shape index (κ2) is 11.3. The molecule has 0 aliphatic heterocycles. The van der Waals surface area contributed by atoms with Crippen molar-refractivity contribution < 1.29 is 0 Å². The number of nitrogens with zero attached hydrogens (tertiary/aromatic N) is 7. The van der Waals surface area contributed by atoms with Crippen molar-refractivity contribution in [3.05, 3.63) is 188 Å². The van der Waals surface area contributed by atoms with Gasteiger partial charge in [0.25, 0.3) is 0 Å². The lowest BCUT2D eigenvalue weighted by Crippen LogP contribution is -2.00. The predicted octanol–water partition coefficient (Wildman–Crippen LogP) is 11.9. The average molecular weight is 730 g/mol. The lowest BCUT2D eigenvalue weighted by molar-refractivity contribution is 1.09. The van der Waals surface area contributed by atoms with Crippen molar-refractivity contribution >= 4 is 77.5 Å². The van der Waals surface area contributed by atoms with Crippen molar-refractivity contribution in [3.63, 3.8) is 0 Å². The molecule has 5 aromatic heterocycles. The molecule has 0 atom stereocenters. The third-order valence-electron chi connectivity index (χ3n) is 11.7. The minimum absolute atomic E-state index is 0.883. The van der Waals surface area contributed by atoms with E-state index in [9.17, 15) is 0 Å². The van der Waals surface area contributed by atoms with Gasteiger partial charge in [0.1, 0.15) is 0 Å². The van der Waals surface area contributed by atoms with Gasteiger partial charge in [-0.1, -0.05) is 103 Å². The number of hydrogen-bond donors (Lipinski definition) is 0. The minimum Gasteiger partial charge on any atom is -0.309 e. The predicted molar refractivity (Wildman–Crippen MR) is 232 cm³/mol. The van der Waals surface area contributed by atoms with E-state index < -0.39 is 0 Å². The van der Waals surface area contributed by atoms with E-state index >= 15 is 0 Å². The highest BCUT2D eigenvalue weighted by Crippen LogP contribution is 2.38. The molecule has 0 aliphatic carbocycles. The highest BCUT2D eigenvalue weighted by atomic mass is 15.2. The summed E-state index contributed by atoms with van der Waals surface area (Å²) >= 11 is 0. The molecule has 0 saturated carbocycles. The van der Waals surface area contributed by atoms with Crippen LogP contribution in [-0.2, 0) is 0 Å². The Kier molecular flexibility index (Phi) is 6.04.